The minimum Gasteiger partial charge on any atom is -0.451 e. The average Bonchev–Trinajstić information content (AvgIpc) is 3.37. The van der Waals surface area contributed by atoms with Gasteiger partial charge in [-0.25, -0.2) is 4.79 Å². The van der Waals surface area contributed by atoms with Gasteiger partial charge in [0.2, 0.25) is 0 Å². The number of furan rings is 1. The molecule has 3 aliphatic rings. The highest BCUT2D eigenvalue weighted by atomic mass is 32.2. The monoisotopic (exact) mass is 383 g/mol. The third kappa shape index (κ3) is 3.25. The summed E-state index contributed by atoms with van der Waals surface area (Å²) in [5, 5.41) is 3.92. The van der Waals surface area contributed by atoms with E-state index in [1.165, 1.54) is 52.6 Å². The van der Waals surface area contributed by atoms with Gasteiger partial charge in [-0.05, 0) is 85.9 Å². The number of aryl methyl sites for hydroxylation is 2. The number of nitrogens with one attached hydrogen (secondary N) is 2. The van der Waals surface area contributed by atoms with Gasteiger partial charge in [0.15, 0.2) is 5.09 Å². The van der Waals surface area contributed by atoms with E-state index in [-0.39, 0.29) is 6.03 Å². The molecule has 0 bridgehead atoms. The van der Waals surface area contributed by atoms with Crippen molar-refractivity contribution in [2.75, 3.05) is 18.9 Å². The summed E-state index contributed by atoms with van der Waals surface area (Å²) in [5.41, 5.74) is 7.91. The van der Waals surface area contributed by atoms with Crippen molar-refractivity contribution in [1.29, 1.82) is 0 Å². The molecule has 1 aromatic carbocycles. The lowest BCUT2D eigenvalue weighted by atomic mass is 9.99. The number of hydrogen-bond acceptors (Lipinski definition) is 4. The number of nitrogens with zero attached hydrogens (tertiary/aromatic N) is 1. The molecular weight excluding hydrogens is 358 g/mol. The van der Waals surface area contributed by atoms with Crippen LogP contribution in [0, 0.1) is 0 Å². The van der Waals surface area contributed by atoms with Crippen LogP contribution in [0.5, 0.6) is 0 Å². The van der Waals surface area contributed by atoms with E-state index in [1.807, 2.05) is 0 Å². The lowest BCUT2D eigenvalue weighted by Gasteiger charge is -2.20. The fourth-order valence-corrected chi connectivity index (χ4v) is 5.26. The van der Waals surface area contributed by atoms with Crippen LogP contribution in [0.15, 0.2) is 21.6 Å². The second kappa shape index (κ2) is 6.91. The molecule has 0 saturated heterocycles. The highest BCUT2D eigenvalue weighted by molar-refractivity contribution is 7.97. The molecule has 5 nitrogen and oxygen atoms in total. The Balaban J connectivity index is 1.28. The van der Waals surface area contributed by atoms with E-state index in [2.05, 4.69) is 34.1 Å². The Kier molecular flexibility index (Phi) is 4.40. The van der Waals surface area contributed by atoms with Crippen molar-refractivity contribution >= 4 is 23.7 Å². The van der Waals surface area contributed by atoms with Gasteiger partial charge < -0.3 is 9.73 Å². The summed E-state index contributed by atoms with van der Waals surface area (Å²) in [5.74, 6) is 1.02. The number of carbonyl (C=O) groups is 1. The molecule has 5 rings (SSSR count). The van der Waals surface area contributed by atoms with Crippen molar-refractivity contribution in [3.05, 3.63) is 45.7 Å². The first kappa shape index (κ1) is 17.2. The van der Waals surface area contributed by atoms with Crippen molar-refractivity contribution in [2.24, 2.45) is 0 Å². The molecule has 2 N–H and O–H groups in total. The first-order chi connectivity index (χ1) is 13.2. The zero-order valence-electron chi connectivity index (χ0n) is 15.7. The number of amides is 2. The Bertz CT molecular complexity index is 873. The predicted molar refractivity (Wildman–Crippen MR) is 107 cm³/mol. The lowest BCUT2D eigenvalue weighted by Crippen LogP contribution is -2.25. The van der Waals surface area contributed by atoms with Crippen LogP contribution in [0.2, 0.25) is 0 Å². The minimum atomic E-state index is -0.166. The maximum Gasteiger partial charge on any atom is 0.329 e. The molecule has 0 unspecified atom stereocenters. The Morgan fingerprint density at radius 2 is 1.78 bits per heavy atom. The van der Waals surface area contributed by atoms with E-state index in [1.54, 1.807) is 0 Å². The van der Waals surface area contributed by atoms with Gasteiger partial charge in [-0.2, -0.15) is 0 Å². The molecule has 0 radical (unpaired) electrons. The zero-order valence-corrected chi connectivity index (χ0v) is 16.5. The Morgan fingerprint density at radius 3 is 2.52 bits per heavy atom. The second-order valence-electron chi connectivity index (χ2n) is 7.89. The summed E-state index contributed by atoms with van der Waals surface area (Å²) in [4.78, 5) is 14.8. The van der Waals surface area contributed by atoms with Gasteiger partial charge in [0.05, 0.1) is 6.54 Å². The molecule has 1 aliphatic heterocycles. The third-order valence-corrected chi connectivity index (χ3v) is 6.70. The minimum absolute atomic E-state index is 0.166. The van der Waals surface area contributed by atoms with E-state index in [4.69, 9.17) is 4.42 Å². The number of hydrogen-bond donors (Lipinski definition) is 2. The molecule has 2 aromatic rings. The molecule has 6 heteroatoms. The normalized spacial score (nSPS) is 18.1. The fraction of sp³-hybridized carbons (Fsp3) is 0.476. The second-order valence-corrected chi connectivity index (χ2v) is 8.70. The maximum atomic E-state index is 12.6. The molecule has 0 fully saturated rings. The van der Waals surface area contributed by atoms with Crippen LogP contribution in [0.25, 0.3) is 0 Å². The summed E-state index contributed by atoms with van der Waals surface area (Å²) >= 11 is 1.26. The van der Waals surface area contributed by atoms with Crippen molar-refractivity contribution in [2.45, 2.75) is 56.6 Å². The summed E-state index contributed by atoms with van der Waals surface area (Å²) in [7, 11) is 2.10. The number of benzene rings is 1. The number of anilines is 1. The summed E-state index contributed by atoms with van der Waals surface area (Å²) < 4.78 is 8.81. The first-order valence-corrected chi connectivity index (χ1v) is 10.7. The highest BCUT2D eigenvalue weighted by Crippen LogP contribution is 2.38. The fourth-order valence-electron chi connectivity index (χ4n) is 4.67. The zero-order chi connectivity index (χ0) is 18.4. The van der Waals surface area contributed by atoms with Gasteiger partial charge in [-0.1, -0.05) is 6.07 Å². The van der Waals surface area contributed by atoms with Gasteiger partial charge >= 0.3 is 6.03 Å². The van der Waals surface area contributed by atoms with Crippen LogP contribution in [0.1, 0.15) is 46.4 Å². The third-order valence-electron chi connectivity index (χ3n) is 6.01. The van der Waals surface area contributed by atoms with Crippen molar-refractivity contribution in [1.82, 2.24) is 9.62 Å². The highest BCUT2D eigenvalue weighted by Gasteiger charge is 2.25. The van der Waals surface area contributed by atoms with Crippen LogP contribution < -0.4 is 10.0 Å². The van der Waals surface area contributed by atoms with Crippen LogP contribution in [-0.4, -0.2) is 24.5 Å². The average molecular weight is 384 g/mol. The smallest absolute Gasteiger partial charge is 0.329 e. The van der Waals surface area contributed by atoms with Crippen molar-refractivity contribution in [3.63, 3.8) is 0 Å². The molecule has 1 aromatic heterocycles. The SMILES string of the molecule is CN1CCc2cc(SNC(=O)Nc3c4c(cc5c3CCC5)CCC4)oc2C1. The van der Waals surface area contributed by atoms with E-state index >= 15 is 0 Å². The van der Waals surface area contributed by atoms with Crippen molar-refractivity contribution < 1.29 is 9.21 Å². The molecule has 142 valence electrons. The van der Waals surface area contributed by atoms with Gasteiger partial charge in [0.1, 0.15) is 5.76 Å². The summed E-state index contributed by atoms with van der Waals surface area (Å²) in [6, 6.07) is 4.28. The standard InChI is InChI=1S/C21H25N3O2S/c1-24-9-8-15-11-19(26-18(15)12-24)27-23-21(25)22-20-16-6-2-4-13(16)10-14-5-3-7-17(14)20/h10-11H,2-9,12H2,1H3,(H2,22,23,25). The molecular formula is C21H25N3O2S. The Morgan fingerprint density at radius 1 is 1.04 bits per heavy atom. The quantitative estimate of drug-likeness (QED) is 0.785. The van der Waals surface area contributed by atoms with E-state index in [0.717, 1.165) is 61.7 Å². The Hall–Kier alpha value is -1.92. The lowest BCUT2D eigenvalue weighted by molar-refractivity contribution is 0.256. The topological polar surface area (TPSA) is 57.5 Å². The molecule has 0 spiro atoms. The molecule has 2 heterocycles. The Labute approximate surface area is 164 Å². The summed E-state index contributed by atoms with van der Waals surface area (Å²) in [6.07, 6.45) is 7.81. The van der Waals surface area contributed by atoms with Crippen LogP contribution in [0.3, 0.4) is 0 Å². The van der Waals surface area contributed by atoms with Crippen LogP contribution in [-0.2, 0) is 38.6 Å². The van der Waals surface area contributed by atoms with E-state index < -0.39 is 0 Å². The largest absolute Gasteiger partial charge is 0.451 e. The van der Waals surface area contributed by atoms with Gasteiger partial charge in [0, 0.05) is 24.2 Å². The van der Waals surface area contributed by atoms with E-state index in [9.17, 15) is 4.79 Å². The molecule has 0 atom stereocenters. The number of urea groups is 1. The molecule has 2 aliphatic carbocycles. The maximum absolute atomic E-state index is 12.6. The van der Waals surface area contributed by atoms with Gasteiger partial charge in [-0.15, -0.1) is 0 Å². The van der Waals surface area contributed by atoms with Crippen LogP contribution in [0.4, 0.5) is 10.5 Å². The molecule has 27 heavy (non-hydrogen) atoms. The van der Waals surface area contributed by atoms with Crippen molar-refractivity contribution in [3.8, 4) is 0 Å². The number of fused-ring (bicyclic) bond motifs is 3. The predicted octanol–water partition coefficient (Wildman–Crippen LogP) is 4.07. The molecule has 0 saturated carbocycles. The van der Waals surface area contributed by atoms with Crippen LogP contribution >= 0.6 is 11.9 Å². The van der Waals surface area contributed by atoms with E-state index in [0.29, 0.717) is 0 Å². The first-order valence-electron chi connectivity index (χ1n) is 9.88. The number of rotatable bonds is 3. The number of carbonyl (C=O) groups excluding carboxylic acids is 1. The molecule has 2 amide bonds. The van der Waals surface area contributed by atoms with Gasteiger partial charge in [0.25, 0.3) is 0 Å². The number of likely N-dealkylation sites (N-methyl/N-ethyl adjacent to an activating group) is 1. The summed E-state index contributed by atoms with van der Waals surface area (Å²) in [6.45, 7) is 1.89. The van der Waals surface area contributed by atoms with Gasteiger partial charge in [-0.3, -0.25) is 9.62 Å².